The minimum absolute atomic E-state index is 0.305. The van der Waals surface area contributed by atoms with E-state index >= 15 is 0 Å². The van der Waals surface area contributed by atoms with Crippen molar-refractivity contribution in [3.8, 4) is 0 Å². The van der Waals surface area contributed by atoms with Crippen LogP contribution in [-0.4, -0.2) is 28.3 Å². The van der Waals surface area contributed by atoms with E-state index in [0.717, 1.165) is 35.7 Å². The van der Waals surface area contributed by atoms with Crippen molar-refractivity contribution in [1.82, 2.24) is 4.90 Å². The zero-order valence-corrected chi connectivity index (χ0v) is 14.3. The van der Waals surface area contributed by atoms with Gasteiger partial charge in [-0.05, 0) is 42.6 Å². The van der Waals surface area contributed by atoms with E-state index in [9.17, 15) is 4.79 Å². The highest BCUT2D eigenvalue weighted by Gasteiger charge is 2.41. The molecule has 2 bridgehead atoms. The molecule has 4 rings (SSSR count). The van der Waals surface area contributed by atoms with Crippen LogP contribution in [-0.2, 0) is 11.3 Å². The van der Waals surface area contributed by atoms with Crippen LogP contribution in [0.4, 0.5) is 0 Å². The quantitative estimate of drug-likeness (QED) is 0.838. The molecule has 4 heteroatoms. The van der Waals surface area contributed by atoms with Gasteiger partial charge in [-0.3, -0.25) is 14.7 Å². The molecule has 0 spiro atoms. The lowest BCUT2D eigenvalue weighted by Crippen LogP contribution is -2.34. The molecule has 0 N–H and O–H groups in total. The molecular weight excluding hydrogens is 304 g/mol. The normalized spacial score (nSPS) is 31.2. The molecule has 1 aromatic rings. The van der Waals surface area contributed by atoms with Crippen molar-refractivity contribution in [2.45, 2.75) is 38.6 Å². The van der Waals surface area contributed by atoms with Gasteiger partial charge in [-0.25, -0.2) is 0 Å². The molecule has 3 atom stereocenters. The summed E-state index contributed by atoms with van der Waals surface area (Å²) in [5.74, 6) is 3.67. The van der Waals surface area contributed by atoms with Crippen molar-refractivity contribution < 1.29 is 4.79 Å². The fourth-order valence-corrected chi connectivity index (χ4v) is 5.43. The van der Waals surface area contributed by atoms with E-state index in [2.05, 4.69) is 12.1 Å². The molecule has 3 nitrogen and oxygen atoms in total. The van der Waals surface area contributed by atoms with Crippen LogP contribution in [0.1, 0.15) is 37.7 Å². The molecule has 3 aliphatic rings. The monoisotopic (exact) mass is 328 g/mol. The van der Waals surface area contributed by atoms with E-state index in [1.165, 1.54) is 31.2 Å². The van der Waals surface area contributed by atoms with Crippen LogP contribution in [0.5, 0.6) is 0 Å². The molecule has 0 aromatic heterocycles. The van der Waals surface area contributed by atoms with Crippen molar-refractivity contribution in [3.63, 3.8) is 0 Å². The molecule has 122 valence electrons. The molecule has 23 heavy (non-hydrogen) atoms. The second-order valence-corrected chi connectivity index (χ2v) is 8.18. The third-order valence-electron chi connectivity index (χ3n) is 5.64. The number of carbonyl (C=O) groups excluding carboxylic acids is 1. The number of hydrogen-bond acceptors (Lipinski definition) is 3. The SMILES string of the molecule is O=C(C[C@@H]1C[C@H]2CC[C@@H]1C2)N1CCSC1=NCc1ccccc1. The van der Waals surface area contributed by atoms with E-state index in [1.54, 1.807) is 11.8 Å². The van der Waals surface area contributed by atoms with Crippen molar-refractivity contribution in [2.75, 3.05) is 12.3 Å². The molecule has 1 aliphatic heterocycles. The van der Waals surface area contributed by atoms with Crippen molar-refractivity contribution >= 4 is 22.8 Å². The van der Waals surface area contributed by atoms with Crippen LogP contribution >= 0.6 is 11.8 Å². The summed E-state index contributed by atoms with van der Waals surface area (Å²) in [7, 11) is 0. The summed E-state index contributed by atoms with van der Waals surface area (Å²) in [6, 6.07) is 10.3. The molecular formula is C19H24N2OS. The topological polar surface area (TPSA) is 32.7 Å². The van der Waals surface area contributed by atoms with Crippen molar-refractivity contribution in [2.24, 2.45) is 22.7 Å². The lowest BCUT2D eigenvalue weighted by atomic mass is 9.86. The largest absolute Gasteiger partial charge is 0.291 e. The first kappa shape index (κ1) is 15.3. The standard InChI is InChI=1S/C19H24N2OS/c22-18(12-17-11-15-6-7-16(17)10-15)21-8-9-23-19(21)20-13-14-4-2-1-3-5-14/h1-5,15-17H,6-13H2/t15-,16+,17-/m0/s1. The van der Waals surface area contributed by atoms with Gasteiger partial charge < -0.3 is 0 Å². The van der Waals surface area contributed by atoms with Gasteiger partial charge in [-0.1, -0.05) is 48.5 Å². The Balaban J connectivity index is 1.38. The van der Waals surface area contributed by atoms with Crippen LogP contribution in [0.2, 0.25) is 0 Å². The van der Waals surface area contributed by atoms with Gasteiger partial charge in [0.1, 0.15) is 0 Å². The third kappa shape index (κ3) is 3.32. The average Bonchev–Trinajstić information content (AvgIpc) is 3.30. The second-order valence-electron chi connectivity index (χ2n) is 7.12. The smallest absolute Gasteiger partial charge is 0.228 e. The molecule has 2 saturated carbocycles. The number of hydrogen-bond donors (Lipinski definition) is 0. The molecule has 3 fully saturated rings. The van der Waals surface area contributed by atoms with E-state index in [4.69, 9.17) is 4.99 Å². The van der Waals surface area contributed by atoms with E-state index in [0.29, 0.717) is 18.4 Å². The first-order chi connectivity index (χ1) is 11.3. The Bertz CT molecular complexity index is 601. The molecule has 1 saturated heterocycles. The molecule has 0 unspecified atom stereocenters. The highest BCUT2D eigenvalue weighted by molar-refractivity contribution is 8.14. The Hall–Kier alpha value is -1.29. The van der Waals surface area contributed by atoms with Gasteiger partial charge in [0.15, 0.2) is 5.17 Å². The highest BCUT2D eigenvalue weighted by atomic mass is 32.2. The van der Waals surface area contributed by atoms with E-state index in [1.807, 2.05) is 23.1 Å². The van der Waals surface area contributed by atoms with Crippen LogP contribution in [0.3, 0.4) is 0 Å². The molecule has 1 heterocycles. The third-order valence-corrected chi connectivity index (χ3v) is 6.63. The summed E-state index contributed by atoms with van der Waals surface area (Å²) in [6.07, 6.45) is 6.16. The average molecular weight is 328 g/mol. The Labute approximate surface area is 142 Å². The summed E-state index contributed by atoms with van der Waals surface area (Å²) in [6.45, 7) is 1.50. The number of carbonyl (C=O) groups is 1. The molecule has 1 amide bonds. The number of fused-ring (bicyclic) bond motifs is 2. The fraction of sp³-hybridized carbons (Fsp3) is 0.579. The van der Waals surface area contributed by atoms with Crippen LogP contribution in [0.25, 0.3) is 0 Å². The van der Waals surface area contributed by atoms with Gasteiger partial charge in [0.25, 0.3) is 0 Å². The minimum atomic E-state index is 0.305. The first-order valence-electron chi connectivity index (χ1n) is 8.81. The van der Waals surface area contributed by atoms with Gasteiger partial charge in [-0.2, -0.15) is 0 Å². The van der Waals surface area contributed by atoms with Gasteiger partial charge in [-0.15, -0.1) is 0 Å². The van der Waals surface area contributed by atoms with Crippen molar-refractivity contribution in [1.29, 1.82) is 0 Å². The number of aliphatic imine (C=N–C) groups is 1. The Morgan fingerprint density at radius 1 is 1.22 bits per heavy atom. The maximum Gasteiger partial charge on any atom is 0.228 e. The number of benzene rings is 1. The van der Waals surface area contributed by atoms with Gasteiger partial charge in [0.2, 0.25) is 5.91 Å². The number of thioether (sulfide) groups is 1. The summed E-state index contributed by atoms with van der Waals surface area (Å²) >= 11 is 1.73. The lowest BCUT2D eigenvalue weighted by Gasteiger charge is -2.24. The number of rotatable bonds is 4. The summed E-state index contributed by atoms with van der Waals surface area (Å²) < 4.78 is 0. The number of amides is 1. The summed E-state index contributed by atoms with van der Waals surface area (Å²) in [4.78, 5) is 19.4. The maximum absolute atomic E-state index is 12.7. The zero-order chi connectivity index (χ0) is 15.6. The summed E-state index contributed by atoms with van der Waals surface area (Å²) in [5, 5.41) is 0.932. The Morgan fingerprint density at radius 2 is 2.09 bits per heavy atom. The number of amidine groups is 1. The fourth-order valence-electron chi connectivity index (χ4n) is 4.47. The lowest BCUT2D eigenvalue weighted by molar-refractivity contribution is -0.128. The first-order valence-corrected chi connectivity index (χ1v) is 9.79. The second kappa shape index (κ2) is 6.68. The maximum atomic E-state index is 12.7. The molecule has 2 aliphatic carbocycles. The van der Waals surface area contributed by atoms with Gasteiger partial charge in [0, 0.05) is 18.7 Å². The van der Waals surface area contributed by atoms with Crippen LogP contribution < -0.4 is 0 Å². The predicted octanol–water partition coefficient (Wildman–Crippen LogP) is 3.94. The van der Waals surface area contributed by atoms with Crippen LogP contribution in [0, 0.1) is 17.8 Å². The highest BCUT2D eigenvalue weighted by Crippen LogP contribution is 2.49. The molecule has 0 radical (unpaired) electrons. The van der Waals surface area contributed by atoms with E-state index < -0.39 is 0 Å². The Kier molecular flexibility index (Phi) is 4.43. The van der Waals surface area contributed by atoms with Crippen LogP contribution in [0.15, 0.2) is 35.3 Å². The van der Waals surface area contributed by atoms with E-state index in [-0.39, 0.29) is 0 Å². The Morgan fingerprint density at radius 3 is 2.83 bits per heavy atom. The number of nitrogens with zero attached hydrogens (tertiary/aromatic N) is 2. The molecule has 1 aromatic carbocycles. The predicted molar refractivity (Wildman–Crippen MR) is 95.3 cm³/mol. The zero-order valence-electron chi connectivity index (χ0n) is 13.5. The van der Waals surface area contributed by atoms with Gasteiger partial charge >= 0.3 is 0 Å². The summed E-state index contributed by atoms with van der Waals surface area (Å²) in [5.41, 5.74) is 1.20. The van der Waals surface area contributed by atoms with Crippen molar-refractivity contribution in [3.05, 3.63) is 35.9 Å². The minimum Gasteiger partial charge on any atom is -0.291 e. The van der Waals surface area contributed by atoms with Gasteiger partial charge in [0.05, 0.1) is 6.54 Å².